The number of ether oxygens (including phenoxy) is 2. The number of hydrogen-bond acceptors (Lipinski definition) is 2. The van der Waals surface area contributed by atoms with E-state index in [0.717, 1.165) is 11.3 Å². The van der Waals surface area contributed by atoms with Crippen LogP contribution in [0, 0.1) is 0 Å². The second-order valence-electron chi connectivity index (χ2n) is 3.72. The molecule has 0 spiro atoms. The van der Waals surface area contributed by atoms with Gasteiger partial charge in [0.2, 0.25) is 0 Å². The van der Waals surface area contributed by atoms with Crippen LogP contribution in [-0.2, 0) is 9.47 Å². The van der Waals surface area contributed by atoms with Gasteiger partial charge >= 0.3 is 0 Å². The van der Waals surface area contributed by atoms with Gasteiger partial charge in [0.15, 0.2) is 0 Å². The fraction of sp³-hybridized carbons (Fsp3) is 0.333. The van der Waals surface area contributed by atoms with Gasteiger partial charge in [-0.3, -0.25) is 0 Å². The highest BCUT2D eigenvalue weighted by atomic mass is 16.5. The Balaban J connectivity index is 2.99. The van der Waals surface area contributed by atoms with Crippen molar-refractivity contribution in [3.8, 4) is 0 Å². The molecule has 0 bridgehead atoms. The molecule has 0 aromatic carbocycles. The summed E-state index contributed by atoms with van der Waals surface area (Å²) < 4.78 is 10.8. The van der Waals surface area contributed by atoms with Crippen molar-refractivity contribution in [3.63, 3.8) is 0 Å². The van der Waals surface area contributed by atoms with Gasteiger partial charge in [-0.1, -0.05) is 13.2 Å². The van der Waals surface area contributed by atoms with E-state index in [4.69, 9.17) is 9.47 Å². The first-order valence-electron chi connectivity index (χ1n) is 4.52. The second-order valence-corrected chi connectivity index (χ2v) is 3.72. The molecule has 1 aliphatic rings. The van der Waals surface area contributed by atoms with Crippen LogP contribution in [-0.4, -0.2) is 5.60 Å². The Labute approximate surface area is 85.2 Å². The molecule has 0 aromatic heterocycles. The Kier molecular flexibility index (Phi) is 2.84. The third kappa shape index (κ3) is 2.28. The first kappa shape index (κ1) is 10.6. The summed E-state index contributed by atoms with van der Waals surface area (Å²) in [6, 6.07) is 0. The molecular formula is C12H16O2. The summed E-state index contributed by atoms with van der Waals surface area (Å²) in [6.45, 7) is 13.2. The van der Waals surface area contributed by atoms with Crippen LogP contribution in [0.4, 0.5) is 0 Å². The fourth-order valence-electron chi connectivity index (χ4n) is 1.29. The predicted octanol–water partition coefficient (Wildman–Crippen LogP) is 3.30. The average molecular weight is 192 g/mol. The van der Waals surface area contributed by atoms with Gasteiger partial charge in [0, 0.05) is 0 Å². The minimum absolute atomic E-state index is 0.283. The number of allylic oxidation sites excluding steroid dienone is 2. The van der Waals surface area contributed by atoms with Gasteiger partial charge < -0.3 is 9.47 Å². The lowest BCUT2D eigenvalue weighted by Crippen LogP contribution is -2.24. The molecule has 1 rings (SSSR count). The molecule has 1 heterocycles. The molecule has 0 aliphatic carbocycles. The van der Waals surface area contributed by atoms with E-state index < -0.39 is 0 Å². The maximum Gasteiger partial charge on any atom is 0.124 e. The standard InChI is InChI=1S/C12H16O2/c1-6-13-9(2)11-7-8-12(4,5)14-10(11)3/h6-8H,1,3H2,2,4-5H3/b11-9+. The van der Waals surface area contributed by atoms with E-state index in [-0.39, 0.29) is 5.60 Å². The topological polar surface area (TPSA) is 18.5 Å². The summed E-state index contributed by atoms with van der Waals surface area (Å²) in [5.41, 5.74) is 0.596. The largest absolute Gasteiger partial charge is 0.484 e. The van der Waals surface area contributed by atoms with Crippen molar-refractivity contribution in [3.05, 3.63) is 48.7 Å². The normalized spacial score (nSPS) is 22.6. The van der Waals surface area contributed by atoms with Crippen LogP contribution in [0.5, 0.6) is 0 Å². The molecular weight excluding hydrogens is 176 g/mol. The van der Waals surface area contributed by atoms with Gasteiger partial charge in [-0.25, -0.2) is 0 Å². The molecule has 0 aromatic rings. The van der Waals surface area contributed by atoms with Crippen LogP contribution in [0.1, 0.15) is 20.8 Å². The lowest BCUT2D eigenvalue weighted by Gasteiger charge is -2.29. The SMILES string of the molecule is C=CO/C(C)=C1\C=CC(C)(C)OC1=C. The minimum Gasteiger partial charge on any atom is -0.484 e. The van der Waals surface area contributed by atoms with Crippen molar-refractivity contribution < 1.29 is 9.47 Å². The van der Waals surface area contributed by atoms with Gasteiger partial charge in [-0.15, -0.1) is 0 Å². The van der Waals surface area contributed by atoms with Gasteiger partial charge in [-0.2, -0.15) is 0 Å². The Hall–Kier alpha value is -1.44. The average Bonchev–Trinajstić information content (AvgIpc) is 2.02. The van der Waals surface area contributed by atoms with E-state index in [1.807, 2.05) is 32.9 Å². The first-order chi connectivity index (χ1) is 6.46. The third-order valence-corrected chi connectivity index (χ3v) is 1.98. The van der Waals surface area contributed by atoms with Crippen LogP contribution >= 0.6 is 0 Å². The van der Waals surface area contributed by atoms with Crippen molar-refractivity contribution in [2.75, 3.05) is 0 Å². The fourth-order valence-corrected chi connectivity index (χ4v) is 1.29. The lowest BCUT2D eigenvalue weighted by molar-refractivity contribution is 0.0790. The quantitative estimate of drug-likeness (QED) is 0.625. The van der Waals surface area contributed by atoms with Gasteiger partial charge in [-0.05, 0) is 32.9 Å². The molecule has 2 nitrogen and oxygen atoms in total. The molecule has 0 amide bonds. The molecule has 14 heavy (non-hydrogen) atoms. The molecule has 2 heteroatoms. The summed E-state index contributed by atoms with van der Waals surface area (Å²) >= 11 is 0. The smallest absolute Gasteiger partial charge is 0.124 e. The van der Waals surface area contributed by atoms with Crippen LogP contribution < -0.4 is 0 Å². The molecule has 76 valence electrons. The van der Waals surface area contributed by atoms with Crippen molar-refractivity contribution in [1.82, 2.24) is 0 Å². The molecule has 1 aliphatic heterocycles. The van der Waals surface area contributed by atoms with Crippen molar-refractivity contribution >= 4 is 0 Å². The zero-order chi connectivity index (χ0) is 10.8. The van der Waals surface area contributed by atoms with Crippen LogP contribution in [0.15, 0.2) is 48.7 Å². The third-order valence-electron chi connectivity index (χ3n) is 1.98. The van der Waals surface area contributed by atoms with Crippen LogP contribution in [0.25, 0.3) is 0 Å². The van der Waals surface area contributed by atoms with Crippen molar-refractivity contribution in [2.24, 2.45) is 0 Å². The van der Waals surface area contributed by atoms with Gasteiger partial charge in [0.1, 0.15) is 17.1 Å². The molecule has 0 atom stereocenters. The maximum absolute atomic E-state index is 5.60. The molecule has 0 fully saturated rings. The molecule has 0 saturated heterocycles. The molecule has 0 radical (unpaired) electrons. The van der Waals surface area contributed by atoms with Gasteiger partial charge in [0.25, 0.3) is 0 Å². The van der Waals surface area contributed by atoms with E-state index in [1.165, 1.54) is 6.26 Å². The van der Waals surface area contributed by atoms with Crippen LogP contribution in [0.2, 0.25) is 0 Å². The van der Waals surface area contributed by atoms with E-state index >= 15 is 0 Å². The van der Waals surface area contributed by atoms with Gasteiger partial charge in [0.05, 0.1) is 11.8 Å². The Morgan fingerprint density at radius 1 is 1.57 bits per heavy atom. The Morgan fingerprint density at radius 3 is 2.71 bits per heavy atom. The van der Waals surface area contributed by atoms with Crippen molar-refractivity contribution in [2.45, 2.75) is 26.4 Å². The second kappa shape index (κ2) is 3.74. The van der Waals surface area contributed by atoms with E-state index in [1.54, 1.807) is 0 Å². The zero-order valence-corrected chi connectivity index (χ0v) is 8.96. The summed E-state index contributed by atoms with van der Waals surface area (Å²) in [7, 11) is 0. The molecule has 0 N–H and O–H groups in total. The minimum atomic E-state index is -0.283. The number of rotatable bonds is 2. The predicted molar refractivity (Wildman–Crippen MR) is 57.4 cm³/mol. The summed E-state index contributed by atoms with van der Waals surface area (Å²) in [5.74, 6) is 1.38. The van der Waals surface area contributed by atoms with E-state index in [0.29, 0.717) is 5.76 Å². The molecule has 0 unspecified atom stereocenters. The lowest BCUT2D eigenvalue weighted by atomic mass is 10.0. The highest BCUT2D eigenvalue weighted by Crippen LogP contribution is 2.29. The van der Waals surface area contributed by atoms with E-state index in [2.05, 4.69) is 13.2 Å². The highest BCUT2D eigenvalue weighted by molar-refractivity contribution is 5.40. The van der Waals surface area contributed by atoms with Crippen LogP contribution in [0.3, 0.4) is 0 Å². The monoisotopic (exact) mass is 192 g/mol. The highest BCUT2D eigenvalue weighted by Gasteiger charge is 2.23. The maximum atomic E-state index is 5.60. The Bertz CT molecular complexity index is 319. The summed E-state index contributed by atoms with van der Waals surface area (Å²) in [5, 5.41) is 0. The number of hydrogen-bond donors (Lipinski definition) is 0. The molecule has 0 saturated carbocycles. The Morgan fingerprint density at radius 2 is 2.21 bits per heavy atom. The summed E-state index contributed by atoms with van der Waals surface area (Å²) in [6.07, 6.45) is 5.33. The van der Waals surface area contributed by atoms with Crippen molar-refractivity contribution in [1.29, 1.82) is 0 Å². The summed E-state index contributed by atoms with van der Waals surface area (Å²) in [4.78, 5) is 0. The first-order valence-corrected chi connectivity index (χ1v) is 4.52. The zero-order valence-electron chi connectivity index (χ0n) is 8.96. The van der Waals surface area contributed by atoms with E-state index in [9.17, 15) is 0 Å².